The van der Waals surface area contributed by atoms with Crippen molar-refractivity contribution in [3.8, 4) is 5.75 Å². The zero-order valence-corrected chi connectivity index (χ0v) is 21.6. The lowest BCUT2D eigenvalue weighted by atomic mass is 9.87. The normalized spacial score (nSPS) is 13.9. The summed E-state index contributed by atoms with van der Waals surface area (Å²) in [6.07, 6.45) is 0. The molecule has 0 aromatic heterocycles. The van der Waals surface area contributed by atoms with Crippen LogP contribution in [0.15, 0.2) is 72.8 Å². The molecule has 6 nitrogen and oxygen atoms in total. The first kappa shape index (κ1) is 25.3. The van der Waals surface area contributed by atoms with Crippen LogP contribution in [0.3, 0.4) is 0 Å². The Hall–Kier alpha value is -3.80. The standard InChI is InChI=1S/C30H35N3O3/c1-22-7-5-6-8-27(22)29(35)33-19-17-32(18-20-33)25-13-11-24(12-14-25)31-28(34)21-36-26-15-9-23(10-16-26)30(2,3)4/h5-16H,17-21H2,1-4H3,(H,31,34). The third kappa shape index (κ3) is 6.25. The number of piperazine rings is 1. The lowest BCUT2D eigenvalue weighted by molar-refractivity contribution is -0.118. The van der Waals surface area contributed by atoms with E-state index < -0.39 is 0 Å². The van der Waals surface area contributed by atoms with Gasteiger partial charge in [-0.1, -0.05) is 51.1 Å². The summed E-state index contributed by atoms with van der Waals surface area (Å²) in [6, 6.07) is 23.4. The van der Waals surface area contributed by atoms with Gasteiger partial charge in [0.05, 0.1) is 0 Å². The maximum absolute atomic E-state index is 12.9. The predicted octanol–water partition coefficient (Wildman–Crippen LogP) is 5.27. The largest absolute Gasteiger partial charge is 0.484 e. The molecule has 0 atom stereocenters. The molecule has 188 valence electrons. The van der Waals surface area contributed by atoms with Gasteiger partial charge in [-0.2, -0.15) is 0 Å². The maximum atomic E-state index is 12.9. The summed E-state index contributed by atoms with van der Waals surface area (Å²) in [5.41, 5.74) is 4.88. The summed E-state index contributed by atoms with van der Waals surface area (Å²) in [6.45, 7) is 11.3. The number of hydrogen-bond acceptors (Lipinski definition) is 4. The van der Waals surface area contributed by atoms with E-state index in [0.717, 1.165) is 35.6 Å². The third-order valence-corrected chi connectivity index (χ3v) is 6.55. The fourth-order valence-corrected chi connectivity index (χ4v) is 4.30. The summed E-state index contributed by atoms with van der Waals surface area (Å²) >= 11 is 0. The number of carbonyl (C=O) groups is 2. The molecule has 0 bridgehead atoms. The lowest BCUT2D eigenvalue weighted by Gasteiger charge is -2.36. The van der Waals surface area contributed by atoms with Crippen molar-refractivity contribution >= 4 is 23.2 Å². The van der Waals surface area contributed by atoms with Crippen LogP contribution in [0, 0.1) is 6.92 Å². The van der Waals surface area contributed by atoms with E-state index in [-0.39, 0.29) is 23.8 Å². The Bertz CT molecular complexity index is 1190. The molecule has 0 spiro atoms. The number of carbonyl (C=O) groups excluding carboxylic acids is 2. The van der Waals surface area contributed by atoms with Gasteiger partial charge >= 0.3 is 0 Å². The number of nitrogens with zero attached hydrogens (tertiary/aromatic N) is 2. The van der Waals surface area contributed by atoms with Gasteiger partial charge in [0.15, 0.2) is 6.61 Å². The van der Waals surface area contributed by atoms with Crippen molar-refractivity contribution in [2.75, 3.05) is 43.0 Å². The van der Waals surface area contributed by atoms with Crippen molar-refractivity contribution in [3.05, 3.63) is 89.5 Å². The van der Waals surface area contributed by atoms with Crippen LogP contribution in [0.1, 0.15) is 42.3 Å². The molecule has 4 rings (SSSR count). The Morgan fingerprint density at radius 3 is 2.11 bits per heavy atom. The monoisotopic (exact) mass is 485 g/mol. The van der Waals surface area contributed by atoms with Crippen LogP contribution in [-0.4, -0.2) is 49.5 Å². The molecule has 3 aromatic rings. The Morgan fingerprint density at radius 1 is 0.861 bits per heavy atom. The van der Waals surface area contributed by atoms with Crippen LogP contribution >= 0.6 is 0 Å². The van der Waals surface area contributed by atoms with Crippen LogP contribution in [-0.2, 0) is 10.2 Å². The Morgan fingerprint density at radius 2 is 1.50 bits per heavy atom. The molecule has 1 aliphatic heterocycles. The number of anilines is 2. The molecule has 6 heteroatoms. The second-order valence-corrected chi connectivity index (χ2v) is 10.3. The first-order chi connectivity index (χ1) is 17.2. The van der Waals surface area contributed by atoms with E-state index in [2.05, 4.69) is 31.0 Å². The average molecular weight is 486 g/mol. The molecule has 1 N–H and O–H groups in total. The van der Waals surface area contributed by atoms with Crippen LogP contribution in [0.2, 0.25) is 0 Å². The Kier molecular flexibility index (Phi) is 7.63. The SMILES string of the molecule is Cc1ccccc1C(=O)N1CCN(c2ccc(NC(=O)COc3ccc(C(C)(C)C)cc3)cc2)CC1. The smallest absolute Gasteiger partial charge is 0.262 e. The molecule has 36 heavy (non-hydrogen) atoms. The van der Waals surface area contributed by atoms with Gasteiger partial charge in [-0.05, 0) is 65.9 Å². The van der Waals surface area contributed by atoms with E-state index in [4.69, 9.17) is 4.74 Å². The van der Waals surface area contributed by atoms with Gasteiger partial charge in [-0.25, -0.2) is 0 Å². The molecule has 1 aliphatic rings. The highest BCUT2D eigenvalue weighted by Crippen LogP contribution is 2.24. The lowest BCUT2D eigenvalue weighted by Crippen LogP contribution is -2.48. The second-order valence-electron chi connectivity index (χ2n) is 10.3. The average Bonchev–Trinajstić information content (AvgIpc) is 2.88. The van der Waals surface area contributed by atoms with E-state index in [1.54, 1.807) is 0 Å². The summed E-state index contributed by atoms with van der Waals surface area (Å²) in [4.78, 5) is 29.4. The number of aryl methyl sites for hydroxylation is 1. The Labute approximate surface area is 213 Å². The highest BCUT2D eigenvalue weighted by Gasteiger charge is 2.23. The first-order valence-electron chi connectivity index (χ1n) is 12.4. The number of nitrogens with one attached hydrogen (secondary N) is 1. The van der Waals surface area contributed by atoms with Crippen molar-refractivity contribution < 1.29 is 14.3 Å². The number of rotatable bonds is 6. The van der Waals surface area contributed by atoms with Gasteiger partial charge in [0.2, 0.25) is 0 Å². The minimum Gasteiger partial charge on any atom is -0.484 e. The van der Waals surface area contributed by atoms with E-state index in [1.165, 1.54) is 5.56 Å². The van der Waals surface area contributed by atoms with E-state index in [0.29, 0.717) is 18.8 Å². The molecule has 2 amide bonds. The molecule has 3 aromatic carbocycles. The molecule has 0 unspecified atom stereocenters. The molecule has 0 radical (unpaired) electrons. The zero-order valence-electron chi connectivity index (χ0n) is 21.6. The summed E-state index contributed by atoms with van der Waals surface area (Å²) in [5.74, 6) is 0.567. The van der Waals surface area contributed by atoms with E-state index in [9.17, 15) is 9.59 Å². The molecular weight excluding hydrogens is 450 g/mol. The van der Waals surface area contributed by atoms with Crippen molar-refractivity contribution in [1.82, 2.24) is 4.90 Å². The molecule has 1 heterocycles. The zero-order chi connectivity index (χ0) is 25.7. The van der Waals surface area contributed by atoms with Gasteiger partial charge in [-0.15, -0.1) is 0 Å². The van der Waals surface area contributed by atoms with Crippen LogP contribution in [0.25, 0.3) is 0 Å². The maximum Gasteiger partial charge on any atom is 0.262 e. The van der Waals surface area contributed by atoms with Gasteiger partial charge in [0.25, 0.3) is 11.8 Å². The first-order valence-corrected chi connectivity index (χ1v) is 12.4. The predicted molar refractivity (Wildman–Crippen MR) is 145 cm³/mol. The fraction of sp³-hybridized carbons (Fsp3) is 0.333. The van der Waals surface area contributed by atoms with Crippen molar-refractivity contribution in [1.29, 1.82) is 0 Å². The molecule has 0 saturated carbocycles. The summed E-state index contributed by atoms with van der Waals surface area (Å²) < 4.78 is 5.64. The van der Waals surface area contributed by atoms with Gasteiger partial charge in [0.1, 0.15) is 5.75 Å². The Balaban J connectivity index is 1.25. The third-order valence-electron chi connectivity index (χ3n) is 6.55. The van der Waals surface area contributed by atoms with Gasteiger partial charge < -0.3 is 19.9 Å². The second kappa shape index (κ2) is 10.9. The summed E-state index contributed by atoms with van der Waals surface area (Å²) in [7, 11) is 0. The number of amides is 2. The van der Waals surface area contributed by atoms with Crippen molar-refractivity contribution in [3.63, 3.8) is 0 Å². The quantitative estimate of drug-likeness (QED) is 0.517. The van der Waals surface area contributed by atoms with Crippen LogP contribution in [0.4, 0.5) is 11.4 Å². The van der Waals surface area contributed by atoms with Gasteiger partial charge in [-0.3, -0.25) is 9.59 Å². The minimum absolute atomic E-state index is 0.0481. The highest BCUT2D eigenvalue weighted by atomic mass is 16.5. The van der Waals surface area contributed by atoms with Gasteiger partial charge in [0, 0.05) is 43.1 Å². The number of benzene rings is 3. The van der Waals surface area contributed by atoms with Crippen LogP contribution in [0.5, 0.6) is 5.75 Å². The number of ether oxygens (including phenoxy) is 1. The fourth-order valence-electron chi connectivity index (χ4n) is 4.30. The molecular formula is C30H35N3O3. The summed E-state index contributed by atoms with van der Waals surface area (Å²) in [5, 5.41) is 2.89. The molecule has 0 aliphatic carbocycles. The number of hydrogen-bond donors (Lipinski definition) is 1. The van der Waals surface area contributed by atoms with Crippen molar-refractivity contribution in [2.24, 2.45) is 0 Å². The highest BCUT2D eigenvalue weighted by molar-refractivity contribution is 5.95. The molecule has 1 saturated heterocycles. The minimum atomic E-state index is -0.203. The van der Waals surface area contributed by atoms with Crippen LogP contribution < -0.4 is 15.0 Å². The van der Waals surface area contributed by atoms with Crippen molar-refractivity contribution in [2.45, 2.75) is 33.1 Å². The molecule has 1 fully saturated rings. The van der Waals surface area contributed by atoms with E-state index >= 15 is 0 Å². The van der Waals surface area contributed by atoms with E-state index in [1.807, 2.05) is 84.6 Å². The topological polar surface area (TPSA) is 61.9 Å².